The van der Waals surface area contributed by atoms with E-state index in [0.717, 1.165) is 5.56 Å². The molecule has 0 aliphatic carbocycles. The van der Waals surface area contributed by atoms with Crippen LogP contribution in [-0.2, 0) is 12.5 Å². The third-order valence-electron chi connectivity index (χ3n) is 2.75. The molecule has 0 bridgehead atoms. The largest absolute Gasteiger partial charge is 0.310 e. The maximum absolute atomic E-state index is 13.8. The minimum Gasteiger partial charge on any atom is -0.310 e. The molecule has 1 N–H and O–H groups in total. The fraction of sp³-hybridized carbons (Fsp3) is 0.571. The molecule has 96 valence electrons. The van der Waals surface area contributed by atoms with E-state index in [2.05, 4.69) is 5.32 Å². The highest BCUT2D eigenvalue weighted by atomic mass is 19.3. The molecule has 0 saturated heterocycles. The van der Waals surface area contributed by atoms with E-state index in [1.165, 1.54) is 6.07 Å². The normalized spacial score (nSPS) is 12.5. The average molecular weight is 241 g/mol. The highest BCUT2D eigenvalue weighted by molar-refractivity contribution is 5.27. The SMILES string of the molecule is CC(C)NCc1cccc(C(F)(F)C(C)C)c1. The Kier molecular flexibility index (Phi) is 4.63. The molecule has 1 rings (SSSR count). The molecule has 0 saturated carbocycles. The maximum Gasteiger partial charge on any atom is 0.275 e. The maximum atomic E-state index is 13.8. The Morgan fingerprint density at radius 1 is 1.18 bits per heavy atom. The van der Waals surface area contributed by atoms with Gasteiger partial charge in [-0.15, -0.1) is 0 Å². The van der Waals surface area contributed by atoms with Crippen molar-refractivity contribution in [3.63, 3.8) is 0 Å². The van der Waals surface area contributed by atoms with Crippen molar-refractivity contribution in [3.05, 3.63) is 35.4 Å². The second-order valence-corrected chi connectivity index (χ2v) is 5.01. The molecule has 0 atom stereocenters. The average Bonchev–Trinajstić information content (AvgIpc) is 2.26. The second-order valence-electron chi connectivity index (χ2n) is 5.01. The second kappa shape index (κ2) is 5.58. The Labute approximate surface area is 102 Å². The third kappa shape index (κ3) is 3.77. The Balaban J connectivity index is 2.86. The summed E-state index contributed by atoms with van der Waals surface area (Å²) in [5, 5.41) is 3.22. The van der Waals surface area contributed by atoms with E-state index in [1.807, 2.05) is 19.9 Å². The number of nitrogens with one attached hydrogen (secondary N) is 1. The van der Waals surface area contributed by atoms with Crippen molar-refractivity contribution in [2.45, 2.75) is 46.2 Å². The summed E-state index contributed by atoms with van der Waals surface area (Å²) in [6.07, 6.45) is 0. The van der Waals surface area contributed by atoms with Gasteiger partial charge in [0.15, 0.2) is 0 Å². The molecule has 0 aliphatic heterocycles. The van der Waals surface area contributed by atoms with E-state index >= 15 is 0 Å². The van der Waals surface area contributed by atoms with Crippen LogP contribution in [-0.4, -0.2) is 6.04 Å². The molecule has 0 radical (unpaired) electrons. The highest BCUT2D eigenvalue weighted by Gasteiger charge is 2.35. The van der Waals surface area contributed by atoms with Crippen molar-refractivity contribution in [1.29, 1.82) is 0 Å². The minimum atomic E-state index is -2.76. The van der Waals surface area contributed by atoms with Crippen LogP contribution in [0.25, 0.3) is 0 Å². The van der Waals surface area contributed by atoms with Crippen LogP contribution in [0, 0.1) is 5.92 Å². The molecule has 0 fully saturated rings. The van der Waals surface area contributed by atoms with Crippen molar-refractivity contribution < 1.29 is 8.78 Å². The van der Waals surface area contributed by atoms with E-state index in [-0.39, 0.29) is 5.56 Å². The van der Waals surface area contributed by atoms with Crippen LogP contribution < -0.4 is 5.32 Å². The van der Waals surface area contributed by atoms with Gasteiger partial charge >= 0.3 is 0 Å². The van der Waals surface area contributed by atoms with Gasteiger partial charge in [0.05, 0.1) is 0 Å². The van der Waals surface area contributed by atoms with Crippen molar-refractivity contribution in [2.24, 2.45) is 5.92 Å². The van der Waals surface area contributed by atoms with Crippen molar-refractivity contribution in [3.8, 4) is 0 Å². The Hall–Kier alpha value is -0.960. The zero-order chi connectivity index (χ0) is 13.1. The fourth-order valence-corrected chi connectivity index (χ4v) is 1.54. The lowest BCUT2D eigenvalue weighted by Gasteiger charge is -2.21. The quantitative estimate of drug-likeness (QED) is 0.823. The number of hydrogen-bond donors (Lipinski definition) is 1. The molecule has 0 amide bonds. The van der Waals surface area contributed by atoms with E-state index in [9.17, 15) is 8.78 Å². The molecular weight excluding hydrogens is 220 g/mol. The van der Waals surface area contributed by atoms with E-state index in [1.54, 1.807) is 26.0 Å². The van der Waals surface area contributed by atoms with Crippen LogP contribution in [0.5, 0.6) is 0 Å². The lowest BCUT2D eigenvalue weighted by Crippen LogP contribution is -2.23. The molecule has 0 spiro atoms. The number of benzene rings is 1. The van der Waals surface area contributed by atoms with Crippen molar-refractivity contribution in [1.82, 2.24) is 5.32 Å². The molecule has 0 aromatic heterocycles. The molecule has 17 heavy (non-hydrogen) atoms. The highest BCUT2D eigenvalue weighted by Crippen LogP contribution is 2.35. The summed E-state index contributed by atoms with van der Waals surface area (Å²) in [5.41, 5.74) is 1.01. The van der Waals surface area contributed by atoms with Crippen molar-refractivity contribution in [2.75, 3.05) is 0 Å². The molecule has 3 heteroatoms. The third-order valence-corrected chi connectivity index (χ3v) is 2.75. The predicted octanol–water partition coefficient (Wildman–Crippen LogP) is 3.93. The van der Waals surface area contributed by atoms with Gasteiger partial charge in [-0.3, -0.25) is 0 Å². The van der Waals surface area contributed by atoms with Gasteiger partial charge in [0, 0.05) is 24.1 Å². The minimum absolute atomic E-state index is 0.107. The number of rotatable bonds is 5. The first-order chi connectivity index (χ1) is 7.84. The fourth-order valence-electron chi connectivity index (χ4n) is 1.54. The molecule has 0 aliphatic rings. The molecular formula is C14H21F2N. The smallest absolute Gasteiger partial charge is 0.275 e. The van der Waals surface area contributed by atoms with Crippen LogP contribution in [0.3, 0.4) is 0 Å². The Bertz CT molecular complexity index is 359. The Morgan fingerprint density at radius 2 is 1.82 bits per heavy atom. The number of halogens is 2. The topological polar surface area (TPSA) is 12.0 Å². The van der Waals surface area contributed by atoms with Crippen molar-refractivity contribution >= 4 is 0 Å². The molecule has 0 heterocycles. The van der Waals surface area contributed by atoms with E-state index in [4.69, 9.17) is 0 Å². The lowest BCUT2D eigenvalue weighted by molar-refractivity contribution is -0.0514. The van der Waals surface area contributed by atoms with Gasteiger partial charge in [0.25, 0.3) is 5.92 Å². The standard InChI is InChI=1S/C14H21F2N/c1-10(2)14(15,16)13-7-5-6-12(8-13)9-17-11(3)4/h5-8,10-11,17H,9H2,1-4H3. The van der Waals surface area contributed by atoms with Crippen LogP contribution in [0.1, 0.15) is 38.8 Å². The van der Waals surface area contributed by atoms with Gasteiger partial charge in [0.2, 0.25) is 0 Å². The summed E-state index contributed by atoms with van der Waals surface area (Å²) < 4.78 is 27.7. The van der Waals surface area contributed by atoms with Crippen LogP contribution in [0.4, 0.5) is 8.78 Å². The molecule has 1 aromatic carbocycles. The van der Waals surface area contributed by atoms with Crippen LogP contribution in [0.2, 0.25) is 0 Å². The van der Waals surface area contributed by atoms with Crippen LogP contribution >= 0.6 is 0 Å². The first-order valence-corrected chi connectivity index (χ1v) is 6.04. The zero-order valence-corrected chi connectivity index (χ0v) is 10.9. The molecule has 1 nitrogen and oxygen atoms in total. The molecule has 0 unspecified atom stereocenters. The zero-order valence-electron chi connectivity index (χ0n) is 10.9. The number of hydrogen-bond acceptors (Lipinski definition) is 1. The summed E-state index contributed by atoms with van der Waals surface area (Å²) in [6, 6.07) is 7.01. The van der Waals surface area contributed by atoms with E-state index < -0.39 is 11.8 Å². The first-order valence-electron chi connectivity index (χ1n) is 6.04. The predicted molar refractivity (Wildman–Crippen MR) is 67.1 cm³/mol. The van der Waals surface area contributed by atoms with Gasteiger partial charge in [0.1, 0.15) is 0 Å². The summed E-state index contributed by atoms with van der Waals surface area (Å²) in [7, 11) is 0. The van der Waals surface area contributed by atoms with Gasteiger partial charge in [-0.1, -0.05) is 45.9 Å². The summed E-state index contributed by atoms with van der Waals surface area (Å²) in [4.78, 5) is 0. The van der Waals surface area contributed by atoms with Gasteiger partial charge < -0.3 is 5.32 Å². The Morgan fingerprint density at radius 3 is 2.35 bits per heavy atom. The summed E-state index contributed by atoms with van der Waals surface area (Å²) in [5.74, 6) is -3.44. The van der Waals surface area contributed by atoms with Gasteiger partial charge in [-0.25, -0.2) is 8.78 Å². The lowest BCUT2D eigenvalue weighted by atomic mass is 9.96. The number of alkyl halides is 2. The van der Waals surface area contributed by atoms with Crippen LogP contribution in [0.15, 0.2) is 24.3 Å². The monoisotopic (exact) mass is 241 g/mol. The molecule has 1 aromatic rings. The van der Waals surface area contributed by atoms with E-state index in [0.29, 0.717) is 12.6 Å². The first kappa shape index (κ1) is 14.1. The van der Waals surface area contributed by atoms with Gasteiger partial charge in [-0.2, -0.15) is 0 Å². The van der Waals surface area contributed by atoms with Gasteiger partial charge in [-0.05, 0) is 11.6 Å². The summed E-state index contributed by atoms with van der Waals surface area (Å²) >= 11 is 0. The summed E-state index contributed by atoms with van der Waals surface area (Å²) in [6.45, 7) is 7.77.